The molecule has 6 rings (SSSR count). The lowest BCUT2D eigenvalue weighted by atomic mass is 9.78. The van der Waals surface area contributed by atoms with Gasteiger partial charge in [-0.25, -0.2) is 9.67 Å². The van der Waals surface area contributed by atoms with Gasteiger partial charge in [0.05, 0.1) is 24.3 Å². The Morgan fingerprint density at radius 2 is 1.97 bits per heavy atom. The summed E-state index contributed by atoms with van der Waals surface area (Å²) in [4.78, 5) is 28.8. The number of pyridine rings is 1. The normalized spacial score (nSPS) is 20.5. The first-order valence-corrected chi connectivity index (χ1v) is 10.6. The summed E-state index contributed by atoms with van der Waals surface area (Å²) < 4.78 is 46.1. The van der Waals surface area contributed by atoms with Crippen molar-refractivity contribution >= 4 is 28.6 Å². The number of anilines is 2. The molecule has 12 heteroatoms. The largest absolute Gasteiger partial charge is 0.433 e. The topological polar surface area (TPSA) is 89.3 Å². The van der Waals surface area contributed by atoms with Gasteiger partial charge in [0.25, 0.3) is 0 Å². The fraction of sp³-hybridized carbons (Fsp3) is 0.476. The first-order chi connectivity index (χ1) is 15.7. The Bertz CT molecular complexity index is 1260. The van der Waals surface area contributed by atoms with Gasteiger partial charge >= 0.3 is 6.18 Å². The van der Waals surface area contributed by atoms with Gasteiger partial charge in [0.1, 0.15) is 11.7 Å². The van der Waals surface area contributed by atoms with Crippen molar-refractivity contribution < 1.29 is 22.7 Å². The van der Waals surface area contributed by atoms with Crippen molar-refractivity contribution in [3.63, 3.8) is 0 Å². The number of hydrogen-bond donors (Lipinski definition) is 0. The lowest BCUT2D eigenvalue weighted by Gasteiger charge is -2.48. The Labute approximate surface area is 186 Å². The molecule has 0 atom stereocenters. The number of halogens is 3. The standard InChI is InChI=1S/C21H20F3N7O2/c1-12-15-6-26-19(27-18(15)31(28-12)14-7-33-8-14)30-11-20(5-17(30)32)9-29(10-20)13-2-3-25-16(4-13)21(22,23)24/h2-4,6,14H,5,7-11H2,1H3. The molecule has 1 amide bonds. The van der Waals surface area contributed by atoms with Crippen molar-refractivity contribution in [2.24, 2.45) is 5.41 Å². The lowest BCUT2D eigenvalue weighted by molar-refractivity contribution is -0.141. The Morgan fingerprint density at radius 1 is 1.18 bits per heavy atom. The third-order valence-electron chi connectivity index (χ3n) is 6.60. The van der Waals surface area contributed by atoms with Crippen LogP contribution in [0.2, 0.25) is 0 Å². The summed E-state index contributed by atoms with van der Waals surface area (Å²) in [5, 5.41) is 5.39. The number of aryl methyl sites for hydroxylation is 1. The number of rotatable bonds is 3. The number of hydrogen-bond acceptors (Lipinski definition) is 7. The Morgan fingerprint density at radius 3 is 2.67 bits per heavy atom. The lowest BCUT2D eigenvalue weighted by Crippen LogP contribution is -2.57. The molecular weight excluding hydrogens is 439 g/mol. The summed E-state index contributed by atoms with van der Waals surface area (Å²) in [6.07, 6.45) is -1.34. The molecule has 3 aromatic heterocycles. The smallest absolute Gasteiger partial charge is 0.377 e. The highest BCUT2D eigenvalue weighted by Gasteiger charge is 2.52. The summed E-state index contributed by atoms with van der Waals surface area (Å²) in [6.45, 7) is 4.42. The first kappa shape index (κ1) is 20.3. The van der Waals surface area contributed by atoms with E-state index in [2.05, 4.69) is 20.1 Å². The van der Waals surface area contributed by atoms with Crippen LogP contribution in [0.25, 0.3) is 11.0 Å². The minimum Gasteiger partial charge on any atom is -0.377 e. The predicted octanol–water partition coefficient (Wildman–Crippen LogP) is 2.36. The summed E-state index contributed by atoms with van der Waals surface area (Å²) in [5.74, 6) is 0.238. The van der Waals surface area contributed by atoms with Crippen molar-refractivity contribution in [2.45, 2.75) is 25.6 Å². The van der Waals surface area contributed by atoms with Crippen LogP contribution in [0.3, 0.4) is 0 Å². The molecule has 33 heavy (non-hydrogen) atoms. The molecule has 172 valence electrons. The van der Waals surface area contributed by atoms with Gasteiger partial charge in [-0.3, -0.25) is 14.7 Å². The average molecular weight is 459 g/mol. The zero-order valence-electron chi connectivity index (χ0n) is 17.7. The Balaban J connectivity index is 1.22. The number of ether oxygens (including phenoxy) is 1. The van der Waals surface area contributed by atoms with Gasteiger partial charge in [0.15, 0.2) is 5.65 Å². The van der Waals surface area contributed by atoms with Crippen molar-refractivity contribution in [1.82, 2.24) is 24.7 Å². The molecule has 0 bridgehead atoms. The molecule has 0 aliphatic carbocycles. The van der Waals surface area contributed by atoms with Crippen molar-refractivity contribution in [3.8, 4) is 0 Å². The number of carbonyl (C=O) groups excluding carboxylic acids is 1. The highest BCUT2D eigenvalue weighted by atomic mass is 19.4. The molecule has 3 aromatic rings. The molecule has 0 radical (unpaired) electrons. The van der Waals surface area contributed by atoms with E-state index in [0.717, 1.165) is 23.3 Å². The highest BCUT2D eigenvalue weighted by Crippen LogP contribution is 2.44. The summed E-state index contributed by atoms with van der Waals surface area (Å²) in [5.41, 5.74) is 0.683. The van der Waals surface area contributed by atoms with Crippen LogP contribution in [0.1, 0.15) is 23.9 Å². The number of fused-ring (bicyclic) bond motifs is 1. The van der Waals surface area contributed by atoms with Gasteiger partial charge < -0.3 is 9.64 Å². The van der Waals surface area contributed by atoms with E-state index in [-0.39, 0.29) is 17.4 Å². The molecule has 0 aromatic carbocycles. The van der Waals surface area contributed by atoms with Gasteiger partial charge in [-0.1, -0.05) is 0 Å². The zero-order chi connectivity index (χ0) is 23.0. The second kappa shape index (κ2) is 6.86. The van der Waals surface area contributed by atoms with Crippen LogP contribution in [-0.2, 0) is 15.7 Å². The molecular formula is C21H20F3N7O2. The SMILES string of the molecule is Cc1nn(C2COC2)c2nc(N3CC4(CC3=O)CN(c3ccnc(C(F)(F)F)c3)C4)ncc12. The molecule has 3 saturated heterocycles. The number of aromatic nitrogens is 5. The molecule has 3 aliphatic heterocycles. The van der Waals surface area contributed by atoms with Crippen molar-refractivity contribution in [1.29, 1.82) is 0 Å². The molecule has 0 saturated carbocycles. The van der Waals surface area contributed by atoms with Crippen LogP contribution in [0, 0.1) is 12.3 Å². The highest BCUT2D eigenvalue weighted by molar-refractivity contribution is 5.96. The van der Waals surface area contributed by atoms with Gasteiger partial charge in [-0.2, -0.15) is 23.3 Å². The summed E-state index contributed by atoms with van der Waals surface area (Å²) in [6, 6.07) is 2.72. The third kappa shape index (κ3) is 3.23. The van der Waals surface area contributed by atoms with E-state index >= 15 is 0 Å². The first-order valence-electron chi connectivity index (χ1n) is 10.6. The number of alkyl halides is 3. The maximum absolute atomic E-state index is 13.0. The molecule has 3 fully saturated rings. The molecule has 9 nitrogen and oxygen atoms in total. The zero-order valence-corrected chi connectivity index (χ0v) is 17.7. The minimum absolute atomic E-state index is 0.0885. The van der Waals surface area contributed by atoms with Gasteiger partial charge in [0, 0.05) is 49.6 Å². The van der Waals surface area contributed by atoms with E-state index in [0.29, 0.717) is 56.6 Å². The monoisotopic (exact) mass is 459 g/mol. The van der Waals surface area contributed by atoms with E-state index in [1.807, 2.05) is 16.5 Å². The van der Waals surface area contributed by atoms with Gasteiger partial charge in [-0.05, 0) is 19.1 Å². The second-order valence-corrected chi connectivity index (χ2v) is 9.04. The fourth-order valence-electron chi connectivity index (χ4n) is 4.81. The van der Waals surface area contributed by atoms with Crippen LogP contribution in [0.15, 0.2) is 24.5 Å². The third-order valence-corrected chi connectivity index (χ3v) is 6.60. The van der Waals surface area contributed by atoms with E-state index in [4.69, 9.17) is 4.74 Å². The minimum atomic E-state index is -4.49. The van der Waals surface area contributed by atoms with Crippen LogP contribution >= 0.6 is 0 Å². The van der Waals surface area contributed by atoms with E-state index in [9.17, 15) is 18.0 Å². The number of amides is 1. The van der Waals surface area contributed by atoms with E-state index in [1.165, 1.54) is 0 Å². The van der Waals surface area contributed by atoms with Crippen molar-refractivity contribution in [2.75, 3.05) is 42.6 Å². The van der Waals surface area contributed by atoms with Crippen LogP contribution in [0.5, 0.6) is 0 Å². The van der Waals surface area contributed by atoms with Crippen LogP contribution in [0.4, 0.5) is 24.8 Å². The van der Waals surface area contributed by atoms with E-state index in [1.54, 1.807) is 17.2 Å². The van der Waals surface area contributed by atoms with E-state index < -0.39 is 11.9 Å². The molecule has 0 unspecified atom stereocenters. The van der Waals surface area contributed by atoms with Crippen LogP contribution in [-0.4, -0.2) is 63.5 Å². The Hall–Kier alpha value is -3.28. The number of carbonyl (C=O) groups is 1. The predicted molar refractivity (Wildman–Crippen MR) is 111 cm³/mol. The molecule has 3 aliphatic rings. The fourth-order valence-corrected chi connectivity index (χ4v) is 4.81. The quantitative estimate of drug-likeness (QED) is 0.594. The second-order valence-electron chi connectivity index (χ2n) is 9.04. The molecule has 0 N–H and O–H groups in total. The molecule has 1 spiro atoms. The van der Waals surface area contributed by atoms with Gasteiger partial charge in [-0.15, -0.1) is 0 Å². The Kier molecular flexibility index (Phi) is 4.23. The average Bonchev–Trinajstić information content (AvgIpc) is 3.22. The van der Waals surface area contributed by atoms with Gasteiger partial charge in [0.2, 0.25) is 11.9 Å². The summed E-state index contributed by atoms with van der Waals surface area (Å²) >= 11 is 0. The maximum Gasteiger partial charge on any atom is 0.433 e. The maximum atomic E-state index is 13.0. The van der Waals surface area contributed by atoms with Crippen LogP contribution < -0.4 is 9.80 Å². The van der Waals surface area contributed by atoms with Crippen molar-refractivity contribution in [3.05, 3.63) is 35.9 Å². The summed E-state index contributed by atoms with van der Waals surface area (Å²) in [7, 11) is 0. The number of nitrogens with zero attached hydrogens (tertiary/aromatic N) is 7. The molecule has 6 heterocycles.